The van der Waals surface area contributed by atoms with E-state index in [1.165, 1.54) is 0 Å². The number of benzene rings is 1. The molecule has 0 aliphatic carbocycles. The highest BCUT2D eigenvalue weighted by Crippen LogP contribution is 2.28. The normalized spacial score (nSPS) is 14.5. The Morgan fingerprint density at radius 1 is 1.14 bits per heavy atom. The third kappa shape index (κ3) is 3.83. The van der Waals surface area contributed by atoms with Gasteiger partial charge in [0.15, 0.2) is 5.65 Å². The molecule has 1 fully saturated rings. The lowest BCUT2D eigenvalue weighted by Gasteiger charge is -2.36. The van der Waals surface area contributed by atoms with Crippen LogP contribution in [0.4, 0.5) is 16.2 Å². The van der Waals surface area contributed by atoms with Crippen LogP contribution < -0.4 is 15.0 Å². The number of aromatic nitrogens is 3. The van der Waals surface area contributed by atoms with Crippen molar-refractivity contribution in [1.29, 1.82) is 0 Å². The molecule has 2 aromatic heterocycles. The van der Waals surface area contributed by atoms with E-state index in [0.717, 1.165) is 35.6 Å². The number of amides is 2. The highest BCUT2D eigenvalue weighted by Gasteiger charge is 2.23. The molecule has 1 saturated heterocycles. The topological polar surface area (TPSA) is 75.5 Å². The second-order valence-electron chi connectivity index (χ2n) is 7.40. The summed E-state index contributed by atoms with van der Waals surface area (Å²) in [6.07, 6.45) is 3.47. The minimum Gasteiger partial charge on any atom is -0.495 e. The molecule has 0 atom stereocenters. The summed E-state index contributed by atoms with van der Waals surface area (Å²) in [5.74, 6) is 0.853. The number of urea groups is 1. The zero-order valence-electron chi connectivity index (χ0n) is 17.0. The zero-order chi connectivity index (χ0) is 20.4. The number of anilines is 2. The minimum atomic E-state index is -0.109. The lowest BCUT2D eigenvalue weighted by molar-refractivity contribution is 0.208. The van der Waals surface area contributed by atoms with Gasteiger partial charge in [-0.25, -0.2) is 14.5 Å². The van der Waals surface area contributed by atoms with Gasteiger partial charge in [0.1, 0.15) is 5.75 Å². The number of nitrogens with one attached hydrogen (secondary N) is 1. The molecule has 152 valence electrons. The van der Waals surface area contributed by atoms with E-state index in [9.17, 15) is 4.79 Å². The number of methoxy groups -OCH3 is 1. The van der Waals surface area contributed by atoms with Crippen LogP contribution in [0.25, 0.3) is 11.0 Å². The molecule has 1 aliphatic rings. The molecule has 4 rings (SSSR count). The molecule has 3 aromatic rings. The van der Waals surface area contributed by atoms with Gasteiger partial charge in [0.05, 0.1) is 30.9 Å². The van der Waals surface area contributed by atoms with E-state index in [4.69, 9.17) is 4.74 Å². The van der Waals surface area contributed by atoms with Crippen LogP contribution in [0, 0.1) is 0 Å². The predicted octanol–water partition coefficient (Wildman–Crippen LogP) is 3.37. The minimum absolute atomic E-state index is 0.109. The fourth-order valence-corrected chi connectivity index (χ4v) is 3.63. The molecule has 1 aliphatic heterocycles. The first-order chi connectivity index (χ1) is 14.1. The van der Waals surface area contributed by atoms with Crippen molar-refractivity contribution in [3.63, 3.8) is 0 Å². The van der Waals surface area contributed by atoms with Gasteiger partial charge >= 0.3 is 6.03 Å². The average molecular weight is 394 g/mol. The summed E-state index contributed by atoms with van der Waals surface area (Å²) in [6, 6.07) is 10.0. The SMILES string of the molecule is COc1ccccc1N1CCN(C(=O)Nc2cnc3c(cnn3C(C)C)c2)CC1. The Morgan fingerprint density at radius 2 is 1.90 bits per heavy atom. The quantitative estimate of drug-likeness (QED) is 0.734. The summed E-state index contributed by atoms with van der Waals surface area (Å²) < 4.78 is 7.33. The molecule has 0 radical (unpaired) electrons. The van der Waals surface area contributed by atoms with Crippen LogP contribution >= 0.6 is 0 Å². The van der Waals surface area contributed by atoms with Crippen molar-refractivity contribution in [3.05, 3.63) is 42.7 Å². The highest BCUT2D eigenvalue weighted by atomic mass is 16.5. The third-order valence-electron chi connectivity index (χ3n) is 5.17. The first-order valence-corrected chi connectivity index (χ1v) is 9.84. The van der Waals surface area contributed by atoms with Gasteiger partial charge in [-0.05, 0) is 32.0 Å². The lowest BCUT2D eigenvalue weighted by atomic mass is 10.2. The Labute approximate surface area is 170 Å². The molecular formula is C21H26N6O2. The number of nitrogens with zero attached hydrogens (tertiary/aromatic N) is 5. The number of carbonyl (C=O) groups is 1. The van der Waals surface area contributed by atoms with E-state index in [-0.39, 0.29) is 12.1 Å². The Morgan fingerprint density at radius 3 is 2.62 bits per heavy atom. The van der Waals surface area contributed by atoms with Gasteiger partial charge in [-0.3, -0.25) is 0 Å². The molecule has 3 heterocycles. The standard InChI is InChI=1S/C21H26N6O2/c1-15(2)27-20-16(13-23-27)12-17(14-22-20)24-21(28)26-10-8-25(9-11-26)18-6-4-5-7-19(18)29-3/h4-7,12-15H,8-11H2,1-3H3,(H,24,28). The van der Waals surface area contributed by atoms with Crippen LogP contribution in [0.3, 0.4) is 0 Å². The number of para-hydroxylation sites is 2. The number of ether oxygens (including phenoxy) is 1. The molecule has 0 unspecified atom stereocenters. The van der Waals surface area contributed by atoms with E-state index in [0.29, 0.717) is 18.8 Å². The van der Waals surface area contributed by atoms with Gasteiger partial charge in [-0.2, -0.15) is 5.10 Å². The Bertz CT molecular complexity index is 1010. The van der Waals surface area contributed by atoms with E-state index in [1.807, 2.05) is 39.9 Å². The summed E-state index contributed by atoms with van der Waals surface area (Å²) in [5, 5.41) is 8.25. The largest absolute Gasteiger partial charge is 0.495 e. The van der Waals surface area contributed by atoms with Crippen molar-refractivity contribution in [2.75, 3.05) is 43.5 Å². The first kappa shape index (κ1) is 19.0. The number of piperazine rings is 1. The third-order valence-corrected chi connectivity index (χ3v) is 5.17. The monoisotopic (exact) mass is 394 g/mol. The molecule has 2 amide bonds. The Balaban J connectivity index is 1.39. The highest BCUT2D eigenvalue weighted by molar-refractivity contribution is 5.91. The van der Waals surface area contributed by atoms with Crippen molar-refractivity contribution in [1.82, 2.24) is 19.7 Å². The summed E-state index contributed by atoms with van der Waals surface area (Å²) in [6.45, 7) is 6.93. The summed E-state index contributed by atoms with van der Waals surface area (Å²) >= 11 is 0. The first-order valence-electron chi connectivity index (χ1n) is 9.84. The number of hydrogen-bond acceptors (Lipinski definition) is 5. The van der Waals surface area contributed by atoms with Crippen molar-refractivity contribution >= 4 is 28.4 Å². The van der Waals surface area contributed by atoms with E-state index < -0.39 is 0 Å². The molecule has 0 spiro atoms. The summed E-state index contributed by atoms with van der Waals surface area (Å²) in [4.78, 5) is 21.3. The van der Waals surface area contributed by atoms with Crippen molar-refractivity contribution in [2.45, 2.75) is 19.9 Å². The van der Waals surface area contributed by atoms with Crippen LogP contribution in [-0.4, -0.2) is 59.0 Å². The van der Waals surface area contributed by atoms with Crippen molar-refractivity contribution < 1.29 is 9.53 Å². The molecule has 8 heteroatoms. The Kier molecular flexibility index (Phi) is 5.24. The maximum atomic E-state index is 12.7. The number of rotatable bonds is 4. The van der Waals surface area contributed by atoms with Gasteiger partial charge in [0.2, 0.25) is 0 Å². The van der Waals surface area contributed by atoms with E-state index in [2.05, 4.69) is 34.1 Å². The van der Waals surface area contributed by atoms with E-state index >= 15 is 0 Å². The molecule has 29 heavy (non-hydrogen) atoms. The molecule has 0 bridgehead atoms. The smallest absolute Gasteiger partial charge is 0.322 e. The van der Waals surface area contributed by atoms with Crippen LogP contribution in [0.15, 0.2) is 42.7 Å². The zero-order valence-corrected chi connectivity index (χ0v) is 17.0. The summed E-state index contributed by atoms with van der Waals surface area (Å²) in [7, 11) is 1.68. The van der Waals surface area contributed by atoms with Gasteiger partial charge in [-0.15, -0.1) is 0 Å². The van der Waals surface area contributed by atoms with Crippen LogP contribution in [0.5, 0.6) is 5.75 Å². The van der Waals surface area contributed by atoms with Crippen molar-refractivity contribution in [3.8, 4) is 5.75 Å². The maximum Gasteiger partial charge on any atom is 0.322 e. The van der Waals surface area contributed by atoms with Gasteiger partial charge in [-0.1, -0.05) is 12.1 Å². The number of carbonyl (C=O) groups excluding carboxylic acids is 1. The predicted molar refractivity (Wildman–Crippen MR) is 114 cm³/mol. The number of pyridine rings is 1. The fourth-order valence-electron chi connectivity index (χ4n) is 3.63. The lowest BCUT2D eigenvalue weighted by Crippen LogP contribution is -2.50. The Hall–Kier alpha value is -3.29. The second kappa shape index (κ2) is 7.98. The molecule has 0 saturated carbocycles. The molecule has 1 aromatic carbocycles. The van der Waals surface area contributed by atoms with Crippen LogP contribution in [0.1, 0.15) is 19.9 Å². The second-order valence-corrected chi connectivity index (χ2v) is 7.40. The number of hydrogen-bond donors (Lipinski definition) is 1. The van der Waals surface area contributed by atoms with E-state index in [1.54, 1.807) is 19.5 Å². The molecule has 1 N–H and O–H groups in total. The van der Waals surface area contributed by atoms with Gasteiger partial charge < -0.3 is 19.9 Å². The maximum absolute atomic E-state index is 12.7. The average Bonchev–Trinajstić information content (AvgIpc) is 3.17. The molecular weight excluding hydrogens is 368 g/mol. The fraction of sp³-hybridized carbons (Fsp3) is 0.381. The molecule has 8 nitrogen and oxygen atoms in total. The van der Waals surface area contributed by atoms with Crippen molar-refractivity contribution in [2.24, 2.45) is 0 Å². The van der Waals surface area contributed by atoms with Gasteiger partial charge in [0.25, 0.3) is 0 Å². The van der Waals surface area contributed by atoms with Crippen LogP contribution in [-0.2, 0) is 0 Å². The van der Waals surface area contributed by atoms with Gasteiger partial charge in [0, 0.05) is 37.6 Å². The number of fused-ring (bicyclic) bond motifs is 1. The van der Waals surface area contributed by atoms with Crippen LogP contribution in [0.2, 0.25) is 0 Å². The summed E-state index contributed by atoms with van der Waals surface area (Å²) in [5.41, 5.74) is 2.56.